The van der Waals surface area contributed by atoms with Crippen molar-refractivity contribution in [2.75, 3.05) is 6.61 Å². The Morgan fingerprint density at radius 2 is 2.22 bits per heavy atom. The summed E-state index contributed by atoms with van der Waals surface area (Å²) < 4.78 is 28.1. The van der Waals surface area contributed by atoms with E-state index in [0.717, 1.165) is 19.0 Å². The van der Waals surface area contributed by atoms with E-state index in [0.29, 0.717) is 16.5 Å². The van der Waals surface area contributed by atoms with E-state index in [-0.39, 0.29) is 36.7 Å². The zero-order valence-electron chi connectivity index (χ0n) is 10.9. The number of carboxylic acids is 1. The van der Waals surface area contributed by atoms with Crippen LogP contribution in [-0.4, -0.2) is 30.1 Å². The molecular weight excluding hydrogens is 271 g/mol. The topological polar surface area (TPSA) is 112 Å². The van der Waals surface area contributed by atoms with Gasteiger partial charge in [-0.15, -0.1) is 0 Å². The van der Waals surface area contributed by atoms with Gasteiger partial charge in [0.1, 0.15) is 0 Å². The minimum Gasteiger partial charge on any atom is -1.00 e. The summed E-state index contributed by atoms with van der Waals surface area (Å²) in [4.78, 5) is 11.0. The first kappa shape index (κ1) is 15.5. The maximum atomic E-state index is 11.1. The van der Waals surface area contributed by atoms with Crippen LogP contribution >= 0.6 is 0 Å². The first-order valence-electron chi connectivity index (χ1n) is 5.00. The van der Waals surface area contributed by atoms with Crippen molar-refractivity contribution in [1.82, 2.24) is 3.97 Å². The Morgan fingerprint density at radius 3 is 2.67 bits per heavy atom. The summed E-state index contributed by atoms with van der Waals surface area (Å²) in [6.45, 7) is 0.398. The van der Waals surface area contributed by atoms with Gasteiger partial charge in [0.15, 0.2) is 11.4 Å². The van der Waals surface area contributed by atoms with Crippen LogP contribution in [0.25, 0.3) is 0 Å². The number of hydrogen-bond acceptors (Lipinski definition) is 4. The molecule has 2 rings (SSSR count). The smallest absolute Gasteiger partial charge is 1.00 e. The molecule has 1 aromatic rings. The normalized spacial score (nSPS) is 14.9. The monoisotopic (exact) mass is 284 g/mol. The number of aromatic carboxylic acids is 1. The Morgan fingerprint density at radius 1 is 1.61 bits per heavy atom. The molecule has 1 fully saturated rings. The third-order valence-corrected chi connectivity index (χ3v) is 3.32. The average Bonchev–Trinajstić information content (AvgIpc) is 2.91. The second-order valence-electron chi connectivity index (χ2n) is 3.93. The van der Waals surface area contributed by atoms with Gasteiger partial charge in [-0.05, 0) is 18.8 Å². The number of carbonyl (C=O) groups is 1. The third kappa shape index (κ3) is 3.48. The van der Waals surface area contributed by atoms with Gasteiger partial charge >= 0.3 is 45.7 Å². The Labute approximate surface area is 128 Å². The summed E-state index contributed by atoms with van der Waals surface area (Å²) in [7, 11) is -4.12. The van der Waals surface area contributed by atoms with Crippen molar-refractivity contribution in [2.45, 2.75) is 12.8 Å². The number of nitrogens with two attached hydrogens (primary N) is 1. The molecule has 1 heterocycles. The summed E-state index contributed by atoms with van der Waals surface area (Å²) in [5.74, 6) is -0.928. The molecule has 1 aromatic heterocycles. The van der Waals surface area contributed by atoms with Gasteiger partial charge in [0, 0.05) is 12.3 Å². The fourth-order valence-corrected chi connectivity index (χ4v) is 2.07. The molecule has 96 valence electrons. The van der Waals surface area contributed by atoms with E-state index >= 15 is 0 Å². The standard InChI is InChI=1S/C9H12N2O5S.Na.H/c10-17(14,15)11-4-3-7(8(11)9(12)13)16-5-6-1-2-6;;/h3-4,6H,1-2,5H2,(H,12,13)(H2,10,14,15);;/q;+1;-1. The van der Waals surface area contributed by atoms with E-state index in [1.165, 1.54) is 6.07 Å². The molecule has 3 N–H and O–H groups in total. The van der Waals surface area contributed by atoms with Crippen LogP contribution < -0.4 is 39.4 Å². The van der Waals surface area contributed by atoms with Crippen LogP contribution in [0.5, 0.6) is 5.75 Å². The number of rotatable bonds is 5. The van der Waals surface area contributed by atoms with Gasteiger partial charge in [0.25, 0.3) is 0 Å². The minimum absolute atomic E-state index is 0. The van der Waals surface area contributed by atoms with Crippen LogP contribution in [0.2, 0.25) is 0 Å². The minimum atomic E-state index is -4.12. The predicted octanol–water partition coefficient (Wildman–Crippen LogP) is -2.86. The van der Waals surface area contributed by atoms with Crippen LogP contribution in [0.1, 0.15) is 24.8 Å². The number of aromatic nitrogens is 1. The molecule has 0 saturated heterocycles. The van der Waals surface area contributed by atoms with Crippen LogP contribution in [-0.2, 0) is 10.2 Å². The quantitative estimate of drug-likeness (QED) is 0.565. The van der Waals surface area contributed by atoms with E-state index < -0.39 is 21.9 Å². The van der Waals surface area contributed by atoms with Crippen molar-refractivity contribution in [2.24, 2.45) is 11.1 Å². The molecule has 1 aliphatic carbocycles. The Bertz CT molecular complexity index is 555. The molecular formula is C9H13N2NaO5S. The van der Waals surface area contributed by atoms with Gasteiger partial charge in [-0.3, -0.25) is 0 Å². The molecule has 0 aliphatic heterocycles. The van der Waals surface area contributed by atoms with Crippen molar-refractivity contribution < 1.29 is 54.0 Å². The largest absolute Gasteiger partial charge is 1.00 e. The van der Waals surface area contributed by atoms with E-state index in [1.807, 2.05) is 0 Å². The van der Waals surface area contributed by atoms with E-state index in [1.54, 1.807) is 0 Å². The van der Waals surface area contributed by atoms with E-state index in [9.17, 15) is 13.2 Å². The van der Waals surface area contributed by atoms with Gasteiger partial charge < -0.3 is 11.3 Å². The predicted molar refractivity (Wildman–Crippen MR) is 59.2 cm³/mol. The SMILES string of the molecule is NS(=O)(=O)n1ccc(OCC2CC2)c1C(=O)O.[H-].[Na+]. The summed E-state index contributed by atoms with van der Waals surface area (Å²) >= 11 is 0. The second-order valence-corrected chi connectivity index (χ2v) is 5.35. The molecule has 18 heavy (non-hydrogen) atoms. The first-order chi connectivity index (χ1) is 7.89. The molecule has 0 amide bonds. The molecule has 9 heteroatoms. The molecule has 7 nitrogen and oxygen atoms in total. The Hall–Kier alpha value is -0.540. The van der Waals surface area contributed by atoms with Crippen molar-refractivity contribution in [1.29, 1.82) is 0 Å². The average molecular weight is 284 g/mol. The van der Waals surface area contributed by atoms with Crippen LogP contribution in [0.4, 0.5) is 0 Å². The molecule has 0 aromatic carbocycles. The summed E-state index contributed by atoms with van der Waals surface area (Å²) in [6, 6.07) is 1.29. The Kier molecular flexibility index (Phi) is 4.84. The van der Waals surface area contributed by atoms with E-state index in [2.05, 4.69) is 0 Å². The first-order valence-corrected chi connectivity index (χ1v) is 6.50. The van der Waals surface area contributed by atoms with Gasteiger partial charge in [-0.2, -0.15) is 8.42 Å². The summed E-state index contributed by atoms with van der Waals surface area (Å²) in [5.41, 5.74) is -0.465. The third-order valence-electron chi connectivity index (χ3n) is 2.46. The number of carboxylic acid groups (broad SMARTS) is 1. The molecule has 0 spiro atoms. The molecule has 1 aliphatic rings. The van der Waals surface area contributed by atoms with E-state index in [4.69, 9.17) is 15.0 Å². The van der Waals surface area contributed by atoms with Crippen LogP contribution in [0, 0.1) is 5.92 Å². The maximum Gasteiger partial charge on any atom is 1.00 e. The van der Waals surface area contributed by atoms with Crippen LogP contribution in [0.3, 0.4) is 0 Å². The summed E-state index contributed by atoms with van der Waals surface area (Å²) in [5, 5.41) is 13.9. The number of nitrogens with zero attached hydrogens (tertiary/aromatic N) is 1. The fraction of sp³-hybridized carbons (Fsp3) is 0.444. The van der Waals surface area contributed by atoms with Crippen molar-refractivity contribution >= 4 is 16.2 Å². The second kappa shape index (κ2) is 5.62. The Balaban J connectivity index is 0.00000162. The van der Waals surface area contributed by atoms with Crippen molar-refractivity contribution in [3.05, 3.63) is 18.0 Å². The molecule has 0 radical (unpaired) electrons. The van der Waals surface area contributed by atoms with Gasteiger partial charge in [0.05, 0.1) is 6.61 Å². The molecule has 0 atom stereocenters. The number of ether oxygens (including phenoxy) is 1. The summed E-state index contributed by atoms with van der Waals surface area (Å²) in [6.07, 6.45) is 3.18. The molecule has 0 unspecified atom stereocenters. The maximum absolute atomic E-state index is 11.1. The van der Waals surface area contributed by atoms with Crippen molar-refractivity contribution in [3.63, 3.8) is 0 Å². The molecule has 1 saturated carbocycles. The van der Waals surface area contributed by atoms with Crippen molar-refractivity contribution in [3.8, 4) is 5.75 Å². The zero-order chi connectivity index (χ0) is 12.6. The number of hydrogen-bond donors (Lipinski definition) is 2. The van der Waals surface area contributed by atoms with Gasteiger partial charge in [-0.1, -0.05) is 0 Å². The van der Waals surface area contributed by atoms with Crippen LogP contribution in [0.15, 0.2) is 12.3 Å². The van der Waals surface area contributed by atoms with Gasteiger partial charge in [0.2, 0.25) is 0 Å². The molecule has 0 bridgehead atoms. The zero-order valence-corrected chi connectivity index (χ0v) is 12.7. The fourth-order valence-electron chi connectivity index (χ4n) is 1.42. The van der Waals surface area contributed by atoms with Gasteiger partial charge in [-0.25, -0.2) is 13.9 Å².